The van der Waals surface area contributed by atoms with Crippen LogP contribution in [0.15, 0.2) is 64.5 Å². The molecular weight excluding hydrogens is 646 g/mol. The lowest BCUT2D eigenvalue weighted by Crippen LogP contribution is -2.36. The maximum Gasteiger partial charge on any atom is 0.267 e. The third-order valence-electron chi connectivity index (χ3n) is 5.28. The van der Waals surface area contributed by atoms with Crippen LogP contribution in [0.1, 0.15) is 25.3 Å². The van der Waals surface area contributed by atoms with E-state index in [0.717, 1.165) is 5.56 Å². The Bertz CT molecular complexity index is 1420. The summed E-state index contributed by atoms with van der Waals surface area (Å²) in [5.41, 5.74) is 7.71. The molecule has 0 radical (unpaired) electrons. The molecule has 13 heteroatoms. The van der Waals surface area contributed by atoms with Crippen molar-refractivity contribution in [2.45, 2.75) is 29.5 Å². The van der Waals surface area contributed by atoms with Gasteiger partial charge in [0.15, 0.2) is 4.83 Å². The lowest BCUT2D eigenvalue weighted by atomic mass is 10.0. The van der Waals surface area contributed by atoms with Gasteiger partial charge in [0.05, 0.1) is 37.0 Å². The van der Waals surface area contributed by atoms with Crippen LogP contribution in [0.2, 0.25) is 20.1 Å². The number of anilines is 2. The molecule has 2 atom stereocenters. The Morgan fingerprint density at radius 3 is 2.46 bits per heavy atom. The molecule has 7 nitrogen and oxygen atoms in total. The fourth-order valence-electron chi connectivity index (χ4n) is 3.30. The number of benzene rings is 3. The molecule has 194 valence electrons. The molecule has 3 aromatic carbocycles. The van der Waals surface area contributed by atoms with Crippen molar-refractivity contribution in [2.24, 2.45) is 4.99 Å². The smallest absolute Gasteiger partial charge is 0.267 e. The van der Waals surface area contributed by atoms with Crippen molar-refractivity contribution < 1.29 is 13.3 Å². The summed E-state index contributed by atoms with van der Waals surface area (Å²) in [5.74, 6) is 0.175. The molecule has 37 heavy (non-hydrogen) atoms. The van der Waals surface area contributed by atoms with Crippen molar-refractivity contribution in [3.63, 3.8) is 0 Å². The number of alkyl halides is 1. The average Bonchev–Trinajstić information content (AvgIpc) is 3.14. The van der Waals surface area contributed by atoms with Crippen LogP contribution in [0.4, 0.5) is 17.1 Å². The van der Waals surface area contributed by atoms with Crippen molar-refractivity contribution in [3.05, 3.63) is 80.3 Å². The fourth-order valence-corrected chi connectivity index (χ4v) is 5.27. The predicted molar refractivity (Wildman–Crippen MR) is 155 cm³/mol. The number of hydrogen-bond donors (Lipinski definition) is 2. The standard InChI is InChI=1S/C24H19BrCl4N4O3S/c1-12(2)13-3-6-18(29)21(9-13)37(35)36-32-15-5-8-16(27)19(11-15)30-23-22(25)24(34)33(31-23)20-10-14(26)4-7-17(20)28/h3-12,22,32H,1-2H3,(H,30,31). The summed E-state index contributed by atoms with van der Waals surface area (Å²) in [7, 11) is 0. The summed E-state index contributed by atoms with van der Waals surface area (Å²) >= 11 is 26.4. The molecule has 1 heterocycles. The van der Waals surface area contributed by atoms with E-state index in [1.54, 1.807) is 48.5 Å². The topological polar surface area (TPSA) is 83.0 Å². The Morgan fingerprint density at radius 2 is 1.73 bits per heavy atom. The molecule has 1 saturated heterocycles. The molecule has 4 rings (SSSR count). The highest BCUT2D eigenvalue weighted by Crippen LogP contribution is 2.34. The maximum absolute atomic E-state index is 12.9. The van der Waals surface area contributed by atoms with Crippen molar-refractivity contribution in [3.8, 4) is 0 Å². The van der Waals surface area contributed by atoms with Gasteiger partial charge in [-0.05, 0) is 60.0 Å². The number of nitrogens with one attached hydrogen (secondary N) is 2. The van der Waals surface area contributed by atoms with Crippen LogP contribution in [-0.2, 0) is 20.2 Å². The van der Waals surface area contributed by atoms with E-state index in [4.69, 9.17) is 50.7 Å². The van der Waals surface area contributed by atoms with E-state index in [1.165, 1.54) is 5.01 Å². The van der Waals surface area contributed by atoms with Crippen molar-refractivity contribution in [1.29, 1.82) is 0 Å². The van der Waals surface area contributed by atoms with Crippen LogP contribution >= 0.6 is 62.3 Å². The lowest BCUT2D eigenvalue weighted by Gasteiger charge is -2.17. The second-order valence-electron chi connectivity index (χ2n) is 8.17. The van der Waals surface area contributed by atoms with Crippen LogP contribution in [-0.4, -0.2) is 20.8 Å². The molecule has 0 aliphatic carbocycles. The first kappa shape index (κ1) is 28.2. The van der Waals surface area contributed by atoms with Gasteiger partial charge in [-0.25, -0.2) is 14.2 Å². The lowest BCUT2D eigenvalue weighted by molar-refractivity contribution is -0.116. The van der Waals surface area contributed by atoms with E-state index in [0.29, 0.717) is 42.0 Å². The second-order valence-corrected chi connectivity index (χ2v) is 11.8. The van der Waals surface area contributed by atoms with Gasteiger partial charge in [-0.15, -0.1) is 0 Å². The normalized spacial score (nSPS) is 17.4. The molecule has 2 N–H and O–H groups in total. The molecule has 0 saturated carbocycles. The molecule has 3 aromatic rings. The highest BCUT2D eigenvalue weighted by Gasteiger charge is 2.37. The van der Waals surface area contributed by atoms with E-state index < -0.39 is 15.9 Å². The molecular formula is C24H19BrCl4N4O3S. The van der Waals surface area contributed by atoms with E-state index >= 15 is 0 Å². The predicted octanol–water partition coefficient (Wildman–Crippen LogP) is 7.83. The largest absolute Gasteiger partial charge is 0.277 e. The minimum absolute atomic E-state index is 0.235. The summed E-state index contributed by atoms with van der Waals surface area (Å²) in [5, 5.41) is 2.66. The Labute approximate surface area is 244 Å². The fraction of sp³-hybridized carbons (Fsp3) is 0.167. The van der Waals surface area contributed by atoms with Gasteiger partial charge >= 0.3 is 0 Å². The molecule has 1 amide bonds. The van der Waals surface area contributed by atoms with Crippen LogP contribution in [0.5, 0.6) is 0 Å². The minimum atomic E-state index is -1.89. The minimum Gasteiger partial charge on any atom is -0.277 e. The molecule has 1 aliphatic heterocycles. The molecule has 0 aromatic heterocycles. The zero-order chi connectivity index (χ0) is 26.9. The molecule has 1 aliphatic rings. The quantitative estimate of drug-likeness (QED) is 0.199. The summed E-state index contributed by atoms with van der Waals surface area (Å²) in [6.07, 6.45) is 0. The first-order valence-corrected chi connectivity index (χ1v) is 14.3. The van der Waals surface area contributed by atoms with Gasteiger partial charge in [-0.2, -0.15) is 4.28 Å². The van der Waals surface area contributed by atoms with Crippen LogP contribution in [0.25, 0.3) is 0 Å². The van der Waals surface area contributed by atoms with Gasteiger partial charge in [0.1, 0.15) is 5.84 Å². The van der Waals surface area contributed by atoms with Gasteiger partial charge in [0.25, 0.3) is 5.91 Å². The van der Waals surface area contributed by atoms with E-state index in [9.17, 15) is 9.00 Å². The molecule has 2 unspecified atom stereocenters. The van der Waals surface area contributed by atoms with Gasteiger partial charge in [-0.3, -0.25) is 15.7 Å². The van der Waals surface area contributed by atoms with Gasteiger partial charge < -0.3 is 0 Å². The van der Waals surface area contributed by atoms with E-state index in [1.807, 2.05) is 19.9 Å². The number of hydrogen-bond acceptors (Lipinski definition) is 5. The number of nitrogens with zero attached hydrogens (tertiary/aromatic N) is 2. The summed E-state index contributed by atoms with van der Waals surface area (Å²) < 4.78 is 18.1. The summed E-state index contributed by atoms with van der Waals surface area (Å²) in [4.78, 5) is 16.9. The Hall–Kier alpha value is -1.85. The Morgan fingerprint density at radius 1 is 1.03 bits per heavy atom. The number of halogens is 5. The second kappa shape index (κ2) is 11.9. The van der Waals surface area contributed by atoms with Gasteiger partial charge in [0.2, 0.25) is 11.1 Å². The van der Waals surface area contributed by atoms with Crippen LogP contribution < -0.4 is 15.9 Å². The Kier molecular flexibility index (Phi) is 9.06. The van der Waals surface area contributed by atoms with Crippen LogP contribution in [0.3, 0.4) is 0 Å². The SMILES string of the molecule is CC(C)c1ccc(Cl)c(S(=O)ONc2ccc(Cl)c(N=C3NN(c4cc(Cl)ccc4Cl)C(=O)C3Br)c2)c1. The highest BCUT2D eigenvalue weighted by atomic mass is 79.9. The van der Waals surface area contributed by atoms with Crippen molar-refractivity contribution in [2.75, 3.05) is 10.5 Å². The monoisotopic (exact) mass is 662 g/mol. The number of hydrazine groups is 1. The Balaban J connectivity index is 1.53. The van der Waals surface area contributed by atoms with Crippen LogP contribution in [0, 0.1) is 0 Å². The van der Waals surface area contributed by atoms with Gasteiger partial charge in [0, 0.05) is 5.02 Å². The number of amidine groups is 1. The van der Waals surface area contributed by atoms with Crippen molar-refractivity contribution in [1.82, 2.24) is 5.43 Å². The number of rotatable bonds is 7. The third-order valence-corrected chi connectivity index (χ3v) is 8.35. The zero-order valence-corrected chi connectivity index (χ0v) is 24.7. The summed E-state index contributed by atoms with van der Waals surface area (Å²) in [6.45, 7) is 4.05. The van der Waals surface area contributed by atoms with Gasteiger partial charge in [-0.1, -0.05) is 82.2 Å². The molecule has 0 spiro atoms. The third kappa shape index (κ3) is 6.42. The van der Waals surface area contributed by atoms with E-state index in [-0.39, 0.29) is 17.7 Å². The first-order valence-electron chi connectivity index (χ1n) is 10.8. The number of carbonyl (C=O) groups excluding carboxylic acids is 1. The molecule has 0 bridgehead atoms. The average molecular weight is 665 g/mol. The number of amides is 1. The maximum atomic E-state index is 12.9. The van der Waals surface area contributed by atoms with Crippen molar-refractivity contribution >= 4 is 102 Å². The summed E-state index contributed by atoms with van der Waals surface area (Å²) in [6, 6.07) is 14.9. The number of aliphatic imine (C=N–C) groups is 1. The number of carbonyl (C=O) groups is 1. The molecule has 1 fully saturated rings. The first-order chi connectivity index (χ1) is 17.5. The van der Waals surface area contributed by atoms with E-state index in [2.05, 4.69) is 31.8 Å². The zero-order valence-electron chi connectivity index (χ0n) is 19.3. The highest BCUT2D eigenvalue weighted by molar-refractivity contribution is 9.10.